The fourth-order valence-electron chi connectivity index (χ4n) is 2.10. The Morgan fingerprint density at radius 3 is 2.55 bits per heavy atom. The van der Waals surface area contributed by atoms with E-state index in [0.29, 0.717) is 11.3 Å². The van der Waals surface area contributed by atoms with Crippen LogP contribution in [0.5, 0.6) is 5.75 Å². The largest absolute Gasteiger partial charge is 0.496 e. The van der Waals surface area contributed by atoms with Gasteiger partial charge in [-0.1, -0.05) is 24.3 Å². The van der Waals surface area contributed by atoms with Crippen LogP contribution in [-0.2, 0) is 4.74 Å². The minimum absolute atomic E-state index is 0.0620. The lowest BCUT2D eigenvalue weighted by molar-refractivity contribution is 0.109. The molecule has 0 aliphatic carbocycles. The van der Waals surface area contributed by atoms with Gasteiger partial charge < -0.3 is 20.3 Å². The highest BCUT2D eigenvalue weighted by Gasteiger charge is 2.15. The molecule has 0 radical (unpaired) electrons. The van der Waals surface area contributed by atoms with E-state index in [1.165, 1.54) is 0 Å². The number of aliphatic hydroxyl groups is 1. The maximum atomic E-state index is 10.5. The van der Waals surface area contributed by atoms with Gasteiger partial charge in [-0.15, -0.1) is 0 Å². The standard InChI is InChI=1S/C15H17NO4/c1-19-14-9-11-5-3-2-4-10(11)8-12(14)13(17)6-7-20-15(16)18/h2-5,8-9,13,17H,6-7H2,1H3,(H2,16,18). The van der Waals surface area contributed by atoms with E-state index < -0.39 is 12.2 Å². The number of fused-ring (bicyclic) bond motifs is 1. The summed E-state index contributed by atoms with van der Waals surface area (Å²) in [6.07, 6.45) is -1.37. The molecule has 20 heavy (non-hydrogen) atoms. The fraction of sp³-hybridized carbons (Fsp3) is 0.267. The number of nitrogens with two attached hydrogens (primary N) is 1. The number of carbonyl (C=O) groups is 1. The molecule has 2 aromatic carbocycles. The smallest absolute Gasteiger partial charge is 0.404 e. The van der Waals surface area contributed by atoms with E-state index in [1.54, 1.807) is 7.11 Å². The minimum Gasteiger partial charge on any atom is -0.496 e. The number of carbonyl (C=O) groups excluding carboxylic acids is 1. The highest BCUT2D eigenvalue weighted by atomic mass is 16.5. The summed E-state index contributed by atoms with van der Waals surface area (Å²) < 4.78 is 9.94. The Hall–Kier alpha value is -2.27. The summed E-state index contributed by atoms with van der Waals surface area (Å²) in [7, 11) is 1.56. The van der Waals surface area contributed by atoms with Crippen LogP contribution in [0.25, 0.3) is 10.8 Å². The first-order valence-electron chi connectivity index (χ1n) is 6.29. The highest BCUT2D eigenvalue weighted by Crippen LogP contribution is 2.31. The predicted molar refractivity (Wildman–Crippen MR) is 75.6 cm³/mol. The first-order valence-corrected chi connectivity index (χ1v) is 6.29. The van der Waals surface area contributed by atoms with Crippen LogP contribution in [-0.4, -0.2) is 24.9 Å². The molecule has 0 aliphatic heterocycles. The van der Waals surface area contributed by atoms with Crippen molar-refractivity contribution in [3.05, 3.63) is 42.0 Å². The van der Waals surface area contributed by atoms with Crippen molar-refractivity contribution in [3.63, 3.8) is 0 Å². The maximum Gasteiger partial charge on any atom is 0.404 e. The van der Waals surface area contributed by atoms with Crippen LogP contribution in [0, 0.1) is 0 Å². The Bertz CT molecular complexity index is 612. The number of hydrogen-bond acceptors (Lipinski definition) is 4. The lowest BCUT2D eigenvalue weighted by Gasteiger charge is -2.16. The molecular weight excluding hydrogens is 258 g/mol. The summed E-state index contributed by atoms with van der Waals surface area (Å²) in [5.74, 6) is 0.607. The second-order valence-corrected chi connectivity index (χ2v) is 4.41. The molecule has 0 bridgehead atoms. The molecule has 2 aromatic rings. The Balaban J connectivity index is 2.24. The van der Waals surface area contributed by atoms with Gasteiger partial charge in [0.2, 0.25) is 0 Å². The summed E-state index contributed by atoms with van der Waals surface area (Å²) >= 11 is 0. The summed E-state index contributed by atoms with van der Waals surface area (Å²) in [6.45, 7) is 0.0620. The maximum absolute atomic E-state index is 10.5. The average Bonchev–Trinajstić information content (AvgIpc) is 2.45. The third-order valence-corrected chi connectivity index (χ3v) is 3.09. The monoisotopic (exact) mass is 275 g/mol. The molecule has 0 heterocycles. The van der Waals surface area contributed by atoms with Crippen molar-refractivity contribution in [2.45, 2.75) is 12.5 Å². The third-order valence-electron chi connectivity index (χ3n) is 3.09. The Labute approximate surface area is 116 Å². The lowest BCUT2D eigenvalue weighted by atomic mass is 10.0. The van der Waals surface area contributed by atoms with Crippen molar-refractivity contribution in [1.29, 1.82) is 0 Å². The third kappa shape index (κ3) is 3.19. The van der Waals surface area contributed by atoms with Gasteiger partial charge in [0, 0.05) is 12.0 Å². The van der Waals surface area contributed by atoms with Crippen molar-refractivity contribution in [2.75, 3.05) is 13.7 Å². The summed E-state index contributed by atoms with van der Waals surface area (Å²) in [5, 5.41) is 12.2. The summed E-state index contributed by atoms with van der Waals surface area (Å²) in [4.78, 5) is 10.5. The molecule has 2 rings (SSSR count). The molecule has 0 saturated carbocycles. The van der Waals surface area contributed by atoms with E-state index in [-0.39, 0.29) is 13.0 Å². The minimum atomic E-state index is -0.845. The van der Waals surface area contributed by atoms with E-state index in [0.717, 1.165) is 10.8 Å². The van der Waals surface area contributed by atoms with Crippen LogP contribution in [0.1, 0.15) is 18.1 Å². The van der Waals surface area contributed by atoms with Crippen molar-refractivity contribution < 1.29 is 19.4 Å². The molecule has 0 fully saturated rings. The van der Waals surface area contributed by atoms with Crippen LogP contribution in [0.3, 0.4) is 0 Å². The summed E-state index contributed by atoms with van der Waals surface area (Å²) in [5.41, 5.74) is 5.55. The van der Waals surface area contributed by atoms with Crippen LogP contribution in [0.2, 0.25) is 0 Å². The molecule has 5 nitrogen and oxygen atoms in total. The van der Waals surface area contributed by atoms with E-state index in [9.17, 15) is 9.90 Å². The molecule has 1 atom stereocenters. The van der Waals surface area contributed by atoms with Crippen LogP contribution >= 0.6 is 0 Å². The average molecular weight is 275 g/mol. The number of aliphatic hydroxyl groups excluding tert-OH is 1. The van der Waals surface area contributed by atoms with Gasteiger partial charge in [-0.3, -0.25) is 0 Å². The molecule has 1 amide bonds. The van der Waals surface area contributed by atoms with Gasteiger partial charge in [-0.25, -0.2) is 4.79 Å². The van der Waals surface area contributed by atoms with Crippen molar-refractivity contribution in [3.8, 4) is 5.75 Å². The number of primary amides is 1. The van der Waals surface area contributed by atoms with Gasteiger partial charge in [0.25, 0.3) is 0 Å². The number of hydrogen-bond donors (Lipinski definition) is 2. The van der Waals surface area contributed by atoms with Crippen LogP contribution in [0.4, 0.5) is 4.79 Å². The molecule has 106 valence electrons. The fourth-order valence-corrected chi connectivity index (χ4v) is 2.10. The zero-order valence-electron chi connectivity index (χ0n) is 11.2. The molecule has 5 heteroatoms. The van der Waals surface area contributed by atoms with Crippen molar-refractivity contribution in [2.24, 2.45) is 5.73 Å². The van der Waals surface area contributed by atoms with Gasteiger partial charge in [0.15, 0.2) is 0 Å². The van der Waals surface area contributed by atoms with E-state index in [1.807, 2.05) is 36.4 Å². The van der Waals surface area contributed by atoms with Gasteiger partial charge in [0.1, 0.15) is 5.75 Å². The SMILES string of the molecule is COc1cc2ccccc2cc1C(O)CCOC(N)=O. The molecule has 1 unspecified atom stereocenters. The first kappa shape index (κ1) is 14.1. The lowest BCUT2D eigenvalue weighted by Crippen LogP contribution is -2.15. The topological polar surface area (TPSA) is 81.8 Å². The first-order chi connectivity index (χ1) is 9.61. The zero-order chi connectivity index (χ0) is 14.5. The number of ether oxygens (including phenoxy) is 2. The number of benzene rings is 2. The molecule has 3 N–H and O–H groups in total. The molecule has 0 aromatic heterocycles. The van der Waals surface area contributed by atoms with E-state index in [2.05, 4.69) is 4.74 Å². The number of methoxy groups -OCH3 is 1. The van der Waals surface area contributed by atoms with Gasteiger partial charge in [0.05, 0.1) is 19.8 Å². The van der Waals surface area contributed by atoms with E-state index >= 15 is 0 Å². The molecule has 0 saturated heterocycles. The normalized spacial score (nSPS) is 12.1. The van der Waals surface area contributed by atoms with Crippen LogP contribution in [0.15, 0.2) is 36.4 Å². The van der Waals surface area contributed by atoms with Gasteiger partial charge >= 0.3 is 6.09 Å². The van der Waals surface area contributed by atoms with Gasteiger partial charge in [-0.2, -0.15) is 0 Å². The number of amides is 1. The second kappa shape index (κ2) is 6.25. The van der Waals surface area contributed by atoms with Crippen LogP contribution < -0.4 is 10.5 Å². The Kier molecular flexibility index (Phi) is 4.42. The highest BCUT2D eigenvalue weighted by molar-refractivity contribution is 5.85. The number of rotatable bonds is 5. The zero-order valence-corrected chi connectivity index (χ0v) is 11.2. The van der Waals surface area contributed by atoms with Gasteiger partial charge in [-0.05, 0) is 22.9 Å². The molecular formula is C15H17NO4. The Morgan fingerprint density at radius 2 is 1.95 bits per heavy atom. The second-order valence-electron chi connectivity index (χ2n) is 4.41. The predicted octanol–water partition coefficient (Wildman–Crippen LogP) is 2.37. The molecule has 0 aliphatic rings. The van der Waals surface area contributed by atoms with E-state index in [4.69, 9.17) is 10.5 Å². The quantitative estimate of drug-likeness (QED) is 0.877. The summed E-state index contributed by atoms with van der Waals surface area (Å²) in [6, 6.07) is 11.6. The van der Waals surface area contributed by atoms with Crippen molar-refractivity contribution in [1.82, 2.24) is 0 Å². The van der Waals surface area contributed by atoms with Crippen molar-refractivity contribution >= 4 is 16.9 Å². The Morgan fingerprint density at radius 1 is 1.30 bits per heavy atom. The molecule has 0 spiro atoms.